The molecule has 3 aliphatic heterocycles. The number of aromatic nitrogens is 1. The number of methoxy groups -OCH3 is 1. The van der Waals surface area contributed by atoms with Gasteiger partial charge in [0, 0.05) is 82.7 Å². The molecule has 19 heteroatoms. The maximum atomic E-state index is 13.3. The molecule has 0 radical (unpaired) electrons. The number of aliphatic hydroxyl groups excluding tert-OH is 3. The highest BCUT2D eigenvalue weighted by molar-refractivity contribution is 5.92. The van der Waals surface area contributed by atoms with Gasteiger partial charge < -0.3 is 68.9 Å². The van der Waals surface area contributed by atoms with Crippen LogP contribution in [0.3, 0.4) is 0 Å². The summed E-state index contributed by atoms with van der Waals surface area (Å²) in [6.45, 7) is 22.0. The zero-order valence-corrected chi connectivity index (χ0v) is 48.0. The number of benzene rings is 1. The Morgan fingerprint density at radius 1 is 0.842 bits per heavy atom. The summed E-state index contributed by atoms with van der Waals surface area (Å²) in [5.74, 6) is -4.30. The predicted molar refractivity (Wildman–Crippen MR) is 289 cm³/mol. The SMILES string of the molecule is CCn1cc(C(=O)O)c(=O)c2cc(CCCOCCCCCC(=O)O)ccc21.CNC1CC(C)OC(O)C1.CO.CO[C@]1(C)C[C@@H](C)C(=O)C(C)C(O)[C@](C)(O)[C@@H](C)OC(=O)C(C)[C@@H](O[C@H]2CC(C)CC(C)O2)[C@H](C)C1. The molecular weight excluding hydrogens is 985 g/mol. The molecule has 1 aromatic carbocycles. The number of carbonyl (C=O) groups excluding carboxylic acids is 2. The number of carboxylic acid groups (broad SMARTS) is 2. The van der Waals surface area contributed by atoms with E-state index in [4.69, 9.17) is 43.7 Å². The predicted octanol–water partition coefficient (Wildman–Crippen LogP) is 6.90. The van der Waals surface area contributed by atoms with Crippen molar-refractivity contribution in [2.45, 2.75) is 220 Å². The molecule has 0 aliphatic carbocycles. The van der Waals surface area contributed by atoms with Gasteiger partial charge in [-0.05, 0) is 136 Å². The van der Waals surface area contributed by atoms with Crippen LogP contribution in [0.4, 0.5) is 0 Å². The lowest BCUT2D eigenvalue weighted by molar-refractivity contribution is -0.241. The van der Waals surface area contributed by atoms with Crippen LogP contribution in [-0.4, -0.2) is 154 Å². The van der Waals surface area contributed by atoms with E-state index in [2.05, 4.69) is 12.2 Å². The number of carboxylic acids is 2. The van der Waals surface area contributed by atoms with E-state index in [-0.39, 0.29) is 35.9 Å². The first-order chi connectivity index (χ1) is 35.7. The van der Waals surface area contributed by atoms with Crippen molar-refractivity contribution in [2.24, 2.45) is 29.6 Å². The molecule has 3 aliphatic rings. The minimum atomic E-state index is -1.82. The molecule has 4 heterocycles. The largest absolute Gasteiger partial charge is 0.481 e. The Balaban J connectivity index is 0.000000435. The van der Waals surface area contributed by atoms with Gasteiger partial charge in [-0.1, -0.05) is 40.2 Å². The van der Waals surface area contributed by atoms with Crippen molar-refractivity contribution in [1.82, 2.24) is 9.88 Å². The van der Waals surface area contributed by atoms with E-state index in [1.807, 2.05) is 60.7 Å². The summed E-state index contributed by atoms with van der Waals surface area (Å²) >= 11 is 0. The number of fused-ring (bicyclic) bond motifs is 1. The quantitative estimate of drug-likeness (QED) is 0.0665. The van der Waals surface area contributed by atoms with Gasteiger partial charge in [0.1, 0.15) is 23.1 Å². The highest BCUT2D eigenvalue weighted by Gasteiger charge is 2.47. The number of cyclic esters (lactones) is 1. The van der Waals surface area contributed by atoms with Crippen molar-refractivity contribution in [1.29, 1.82) is 0 Å². The van der Waals surface area contributed by atoms with Gasteiger partial charge >= 0.3 is 17.9 Å². The van der Waals surface area contributed by atoms with Crippen LogP contribution in [0.1, 0.15) is 163 Å². The Morgan fingerprint density at radius 2 is 1.49 bits per heavy atom. The smallest absolute Gasteiger partial charge is 0.341 e. The van der Waals surface area contributed by atoms with Crippen molar-refractivity contribution in [2.75, 3.05) is 34.5 Å². The first kappa shape index (κ1) is 68.2. The summed E-state index contributed by atoms with van der Waals surface area (Å²) in [6.07, 6.45) is 6.10. The third-order valence-electron chi connectivity index (χ3n) is 15.1. The lowest BCUT2D eigenvalue weighted by Crippen LogP contribution is -2.55. The van der Waals surface area contributed by atoms with Gasteiger partial charge in [0.05, 0.1) is 41.5 Å². The number of hydrogen-bond donors (Lipinski definition) is 7. The van der Waals surface area contributed by atoms with E-state index in [1.165, 1.54) is 20.0 Å². The monoisotopic (exact) mass is 1080 g/mol. The first-order valence-corrected chi connectivity index (χ1v) is 27.3. The fraction of sp³-hybridized carbons (Fsp3) is 0.772. The van der Waals surface area contributed by atoms with Crippen LogP contribution in [0.15, 0.2) is 29.2 Å². The molecular formula is C57H96N2O17. The van der Waals surface area contributed by atoms with Crippen LogP contribution in [0.2, 0.25) is 0 Å². The molecule has 0 amide bonds. The van der Waals surface area contributed by atoms with Crippen molar-refractivity contribution in [3.63, 3.8) is 0 Å². The van der Waals surface area contributed by atoms with Gasteiger partial charge in [0.2, 0.25) is 5.43 Å². The molecule has 15 atom stereocenters. The second kappa shape index (κ2) is 32.9. The number of pyridine rings is 1. The summed E-state index contributed by atoms with van der Waals surface area (Å²) < 4.78 is 36.6. The van der Waals surface area contributed by atoms with E-state index >= 15 is 0 Å². The number of ether oxygens (including phenoxy) is 6. The van der Waals surface area contributed by atoms with Crippen molar-refractivity contribution < 1.29 is 78.2 Å². The van der Waals surface area contributed by atoms with Crippen molar-refractivity contribution >= 4 is 34.6 Å². The number of aliphatic carboxylic acids is 1. The summed E-state index contributed by atoms with van der Waals surface area (Å²) in [4.78, 5) is 60.8. The Kier molecular flexibility index (Phi) is 29.5. The molecule has 0 spiro atoms. The Labute approximate surface area is 451 Å². The number of nitrogens with one attached hydrogen (secondary N) is 1. The third-order valence-corrected chi connectivity index (χ3v) is 15.1. The zero-order valence-electron chi connectivity index (χ0n) is 48.0. The topological polar surface area (TPSA) is 279 Å². The Bertz CT molecular complexity index is 2130. The minimum Gasteiger partial charge on any atom is -0.481 e. The number of carbonyl (C=O) groups is 4. The number of rotatable bonds is 16. The fourth-order valence-corrected chi connectivity index (χ4v) is 10.6. The van der Waals surface area contributed by atoms with Gasteiger partial charge in [-0.2, -0.15) is 0 Å². The number of nitrogens with zero attached hydrogens (tertiary/aromatic N) is 1. The van der Waals surface area contributed by atoms with Crippen molar-refractivity contribution in [3.05, 3.63) is 45.7 Å². The normalized spacial score (nSPS) is 32.5. The van der Waals surface area contributed by atoms with E-state index < -0.39 is 83.2 Å². The molecule has 0 bridgehead atoms. The Morgan fingerprint density at radius 3 is 2.07 bits per heavy atom. The number of aliphatic hydroxyl groups is 4. The second-order valence-corrected chi connectivity index (χ2v) is 21.8. The lowest BCUT2D eigenvalue weighted by Gasteiger charge is -2.42. The van der Waals surface area contributed by atoms with Gasteiger partial charge in [-0.25, -0.2) is 4.79 Å². The molecule has 76 heavy (non-hydrogen) atoms. The molecule has 5 rings (SSSR count). The summed E-state index contributed by atoms with van der Waals surface area (Å²) in [5, 5.41) is 59.6. The number of ketones is 1. The first-order valence-electron chi connectivity index (χ1n) is 27.3. The molecule has 7 N–H and O–H groups in total. The molecule has 436 valence electrons. The van der Waals surface area contributed by atoms with Gasteiger partial charge in [-0.3, -0.25) is 19.2 Å². The molecule has 1 aromatic heterocycles. The Hall–Kier alpha value is -3.89. The van der Waals surface area contributed by atoms with Crippen LogP contribution >= 0.6 is 0 Å². The number of aryl methyl sites for hydroxylation is 2. The number of Topliss-reactive ketones (excluding diaryl/α,β-unsaturated/α-hetero) is 1. The number of aromatic carboxylic acids is 1. The van der Waals surface area contributed by atoms with Crippen LogP contribution in [0.5, 0.6) is 0 Å². The fourth-order valence-electron chi connectivity index (χ4n) is 10.6. The van der Waals surface area contributed by atoms with Gasteiger partial charge in [-0.15, -0.1) is 0 Å². The number of esters is 1. The van der Waals surface area contributed by atoms with E-state index in [0.29, 0.717) is 62.8 Å². The molecule has 8 unspecified atom stereocenters. The molecule has 0 saturated carbocycles. The number of unbranched alkanes of at least 4 members (excludes halogenated alkanes) is 2. The molecule has 2 aromatic rings. The maximum absolute atomic E-state index is 13.3. The average Bonchev–Trinajstić information content (AvgIpc) is 3.36. The summed E-state index contributed by atoms with van der Waals surface area (Å²) in [6, 6.07) is 6.02. The second-order valence-electron chi connectivity index (χ2n) is 21.8. The maximum Gasteiger partial charge on any atom is 0.341 e. The lowest BCUT2D eigenvalue weighted by atomic mass is 9.75. The zero-order chi connectivity index (χ0) is 57.7. The van der Waals surface area contributed by atoms with Gasteiger partial charge in [0.15, 0.2) is 12.6 Å². The van der Waals surface area contributed by atoms with E-state index in [9.17, 15) is 39.3 Å². The molecule has 3 saturated heterocycles. The van der Waals surface area contributed by atoms with Crippen LogP contribution in [-0.2, 0) is 55.8 Å². The van der Waals surface area contributed by atoms with Crippen molar-refractivity contribution in [3.8, 4) is 0 Å². The molecule has 19 nitrogen and oxygen atoms in total. The van der Waals surface area contributed by atoms with E-state index in [1.54, 1.807) is 31.6 Å². The van der Waals surface area contributed by atoms with Gasteiger partial charge in [0.25, 0.3) is 0 Å². The minimum absolute atomic E-state index is 0.0597. The summed E-state index contributed by atoms with van der Waals surface area (Å²) in [7, 11) is 4.54. The van der Waals surface area contributed by atoms with E-state index in [0.717, 1.165) is 63.1 Å². The molecule has 3 fully saturated rings. The van der Waals surface area contributed by atoms with Crippen LogP contribution in [0.25, 0.3) is 10.9 Å². The van der Waals surface area contributed by atoms with Crippen LogP contribution < -0.4 is 10.7 Å². The third kappa shape index (κ3) is 21.1. The highest BCUT2D eigenvalue weighted by Crippen LogP contribution is 2.37. The average molecular weight is 1080 g/mol. The summed E-state index contributed by atoms with van der Waals surface area (Å²) in [5.41, 5.74) is -1.45. The number of hydrogen-bond acceptors (Lipinski definition) is 16. The highest BCUT2D eigenvalue weighted by atomic mass is 16.7. The van der Waals surface area contributed by atoms with Crippen LogP contribution in [0, 0.1) is 29.6 Å². The standard InChI is InChI=1S/C28H50O8.C21H27NO6.C7H15NO2.CH4O/c1-15-11-18(4)34-22(12-15)36-24-17(3)14-27(8,33-10)13-16(2)23(29)19(5)25(30)28(9,32)21(7)35-26(31)20(24)6;1-2-22-14-17(21(26)27)20(25)16-13-15(9-10-18(16)22)7-6-12-28-11-5-3-4-8-19(23)24;1-5-3-6(8-2)4-7(9)10-5;1-2/h15-22,24-25,30,32H,11-14H2,1-10H3;9-10,13-14H,2-8,11-12H2,1H3,(H,23,24)(H,26,27);5-9H,3-4H2,1-2H3;2H,1H3/t15?,16-,17-,18?,19?,20?,21-,22+,24+,25?,27-,28-;;;/m1.../s1.